The predicted molar refractivity (Wildman–Crippen MR) is 193 cm³/mol. The van der Waals surface area contributed by atoms with E-state index in [1.54, 1.807) is 0 Å². The fourth-order valence-corrected chi connectivity index (χ4v) is 13.4. The molecule has 2 heterocycles. The summed E-state index contributed by atoms with van der Waals surface area (Å²) in [5, 5.41) is 86.9. The van der Waals surface area contributed by atoms with Crippen LogP contribution in [0.3, 0.4) is 0 Å². The molecule has 2 aliphatic heterocycles. The number of hydrogen-bond acceptors (Lipinski definition) is 12. The monoisotopic (exact) mass is 766 g/mol. The van der Waals surface area contributed by atoms with Crippen LogP contribution in [-0.2, 0) is 23.7 Å². The van der Waals surface area contributed by atoms with Crippen molar-refractivity contribution in [3.8, 4) is 0 Å². The van der Waals surface area contributed by atoms with Crippen molar-refractivity contribution in [1.82, 2.24) is 0 Å². The van der Waals surface area contributed by atoms with Crippen LogP contribution in [0.2, 0.25) is 0 Å². The number of hydrogen-bond donors (Lipinski definition) is 8. The molecule has 7 aliphatic rings. The van der Waals surface area contributed by atoms with E-state index < -0.39 is 89.7 Å². The summed E-state index contributed by atoms with van der Waals surface area (Å²) in [4.78, 5) is 13.1. The van der Waals surface area contributed by atoms with Gasteiger partial charge in [-0.2, -0.15) is 0 Å². The van der Waals surface area contributed by atoms with Crippen LogP contribution in [0.1, 0.15) is 106 Å². The molecule has 0 unspecified atom stereocenters. The predicted octanol–water partition coefficient (Wildman–Crippen LogP) is 2.49. The maximum atomic E-state index is 13.1. The molecule has 19 atom stereocenters. The average molecular weight is 767 g/mol. The molecule has 6 fully saturated rings. The number of fused-ring (bicyclic) bond motifs is 7. The Kier molecular flexibility index (Phi) is 10.4. The molecule has 13 nitrogen and oxygen atoms in total. The molecule has 0 amide bonds. The van der Waals surface area contributed by atoms with Crippen molar-refractivity contribution >= 4 is 5.97 Å². The maximum Gasteiger partial charge on any atom is 0.312 e. The Morgan fingerprint density at radius 3 is 2.20 bits per heavy atom. The first kappa shape index (κ1) is 40.9. The smallest absolute Gasteiger partial charge is 0.312 e. The summed E-state index contributed by atoms with van der Waals surface area (Å²) in [6.07, 6.45) is -5.25. The van der Waals surface area contributed by atoms with Gasteiger partial charge in [0.2, 0.25) is 0 Å². The summed E-state index contributed by atoms with van der Waals surface area (Å²) in [6, 6.07) is 0. The molecule has 8 N–H and O–H groups in total. The number of aliphatic hydroxyl groups is 7. The maximum absolute atomic E-state index is 13.1. The van der Waals surface area contributed by atoms with Gasteiger partial charge in [0.1, 0.15) is 42.0 Å². The molecule has 2 saturated heterocycles. The summed E-state index contributed by atoms with van der Waals surface area (Å²) < 4.78 is 24.3. The Morgan fingerprint density at radius 2 is 1.54 bits per heavy atom. The van der Waals surface area contributed by atoms with Gasteiger partial charge in [0.25, 0.3) is 0 Å². The molecule has 13 heteroatoms. The Hall–Kier alpha value is -1.23. The summed E-state index contributed by atoms with van der Waals surface area (Å²) in [5.41, 5.74) is -1.62. The zero-order valence-corrected chi connectivity index (χ0v) is 33.1. The second-order valence-electron chi connectivity index (χ2n) is 20.1. The van der Waals surface area contributed by atoms with Gasteiger partial charge in [-0.1, -0.05) is 53.2 Å². The average Bonchev–Trinajstić information content (AvgIpc) is 3.10. The first-order valence-electron chi connectivity index (χ1n) is 20.3. The topological polar surface area (TPSA) is 216 Å². The number of aliphatic carboxylic acids is 1. The highest BCUT2D eigenvalue weighted by molar-refractivity contribution is 5.77. The zero-order chi connectivity index (χ0) is 39.6. The van der Waals surface area contributed by atoms with Crippen molar-refractivity contribution in [2.24, 2.45) is 50.2 Å². The number of allylic oxidation sites excluding steroid dienone is 2. The van der Waals surface area contributed by atoms with Crippen LogP contribution in [-0.4, -0.2) is 128 Å². The fraction of sp³-hybridized carbons (Fsp3) is 0.927. The van der Waals surface area contributed by atoms with Crippen molar-refractivity contribution in [3.63, 3.8) is 0 Å². The second kappa shape index (κ2) is 13.7. The highest BCUT2D eigenvalue weighted by Crippen LogP contribution is 2.76. The Labute approximate surface area is 319 Å². The van der Waals surface area contributed by atoms with E-state index in [1.807, 2.05) is 6.92 Å². The van der Waals surface area contributed by atoms with Gasteiger partial charge in [-0.25, -0.2) is 0 Å². The molecular formula is C41H66O13. The van der Waals surface area contributed by atoms with Crippen LogP contribution in [0, 0.1) is 50.2 Å². The van der Waals surface area contributed by atoms with E-state index in [1.165, 1.54) is 12.5 Å². The Bertz CT molecular complexity index is 1470. The number of carboxylic acid groups (broad SMARTS) is 1. The number of carboxylic acids is 1. The van der Waals surface area contributed by atoms with Crippen molar-refractivity contribution < 1.29 is 64.6 Å². The molecule has 54 heavy (non-hydrogen) atoms. The molecule has 0 aromatic heterocycles. The van der Waals surface area contributed by atoms with Crippen LogP contribution >= 0.6 is 0 Å². The minimum atomic E-state index is -1.64. The third-order valence-corrected chi connectivity index (χ3v) is 17.0. The highest BCUT2D eigenvalue weighted by atomic mass is 16.8. The van der Waals surface area contributed by atoms with Gasteiger partial charge in [0.05, 0.1) is 31.5 Å². The van der Waals surface area contributed by atoms with Crippen molar-refractivity contribution in [3.05, 3.63) is 11.6 Å². The van der Waals surface area contributed by atoms with Gasteiger partial charge in [0, 0.05) is 5.41 Å². The van der Waals surface area contributed by atoms with E-state index in [2.05, 4.69) is 40.7 Å². The number of carbonyl (C=O) groups is 1. The van der Waals surface area contributed by atoms with Crippen LogP contribution in [0.4, 0.5) is 0 Å². The van der Waals surface area contributed by atoms with Gasteiger partial charge >= 0.3 is 5.97 Å². The Balaban J connectivity index is 1.16. The first-order valence-corrected chi connectivity index (χ1v) is 20.3. The highest BCUT2D eigenvalue weighted by Gasteiger charge is 2.72. The molecule has 308 valence electrons. The second-order valence-corrected chi connectivity index (χ2v) is 20.1. The largest absolute Gasteiger partial charge is 0.481 e. The molecule has 5 aliphatic carbocycles. The molecule has 4 saturated carbocycles. The van der Waals surface area contributed by atoms with Gasteiger partial charge in [-0.05, 0) is 104 Å². The molecule has 0 aromatic rings. The SMILES string of the molecule is C[C@@H]1O[C@@H](O[C@H]2[C@H](O[C@H]3CC[C@@]4(C)[C@@H](CC[C@]5(C)[C@@H]4CC=C4[C@@H]6CC(C)(C)CC[C@]6(C(=O)O)[C@H](O)C[C@]45C)[C@]3(C)CO)OC[C@H](O)[C@@H]2O)[C@H](O)[C@H](O)[C@H]1O. The van der Waals surface area contributed by atoms with Crippen molar-refractivity contribution in [2.75, 3.05) is 13.2 Å². The summed E-state index contributed by atoms with van der Waals surface area (Å²) >= 11 is 0. The van der Waals surface area contributed by atoms with E-state index in [9.17, 15) is 45.6 Å². The van der Waals surface area contributed by atoms with Crippen LogP contribution in [0.15, 0.2) is 11.6 Å². The Morgan fingerprint density at radius 1 is 0.833 bits per heavy atom. The normalized spacial score (nSPS) is 55.7. The van der Waals surface area contributed by atoms with Crippen molar-refractivity contribution in [1.29, 1.82) is 0 Å². The molecule has 0 bridgehead atoms. The van der Waals surface area contributed by atoms with Gasteiger partial charge in [-0.15, -0.1) is 0 Å². The van der Waals surface area contributed by atoms with E-state index in [0.29, 0.717) is 19.3 Å². The van der Waals surface area contributed by atoms with E-state index >= 15 is 0 Å². The molecule has 0 radical (unpaired) electrons. The van der Waals surface area contributed by atoms with Crippen LogP contribution < -0.4 is 0 Å². The number of aliphatic hydroxyl groups excluding tert-OH is 7. The van der Waals surface area contributed by atoms with Crippen molar-refractivity contribution in [2.45, 2.75) is 174 Å². The summed E-state index contributed by atoms with van der Waals surface area (Å²) in [7, 11) is 0. The summed E-state index contributed by atoms with van der Waals surface area (Å²) in [5.74, 6) is -0.912. The van der Waals surface area contributed by atoms with Gasteiger partial charge in [-0.3, -0.25) is 4.79 Å². The van der Waals surface area contributed by atoms with Crippen LogP contribution in [0.25, 0.3) is 0 Å². The van der Waals surface area contributed by atoms with E-state index in [-0.39, 0.29) is 47.2 Å². The third kappa shape index (κ3) is 5.76. The third-order valence-electron chi connectivity index (χ3n) is 17.0. The summed E-state index contributed by atoms with van der Waals surface area (Å²) in [6.45, 7) is 14.6. The lowest BCUT2D eigenvalue weighted by Gasteiger charge is -2.71. The molecule has 0 aromatic carbocycles. The molecular weight excluding hydrogens is 700 g/mol. The lowest BCUT2D eigenvalue weighted by atomic mass is 9.33. The lowest BCUT2D eigenvalue weighted by molar-refractivity contribution is -0.365. The first-order chi connectivity index (χ1) is 25.1. The lowest BCUT2D eigenvalue weighted by Crippen LogP contribution is -2.68. The van der Waals surface area contributed by atoms with E-state index in [0.717, 1.165) is 38.5 Å². The van der Waals surface area contributed by atoms with Crippen LogP contribution in [0.5, 0.6) is 0 Å². The zero-order valence-electron chi connectivity index (χ0n) is 33.1. The standard InChI is InChI=1S/C41H66O13/c1-20-28(45)30(47)31(48)33(52-20)54-32-29(46)23(43)18-51-34(32)53-27-11-12-37(4)24(38(27,5)19-42)10-13-39(6)25(37)9-8-21-22-16-36(2,3)14-15-41(22,35(49)50)26(44)17-40(21,39)7/h8,20,22-34,42-48H,9-19H2,1-7H3,(H,49,50)/t20-,22-,23-,24+,25+,26+,27-,28-,29-,30+,31+,32+,33-,34-,37-,38-,39+,40+,41+/m0/s1. The van der Waals surface area contributed by atoms with E-state index in [4.69, 9.17) is 18.9 Å². The quantitative estimate of drug-likeness (QED) is 0.144. The minimum Gasteiger partial charge on any atom is -0.481 e. The number of rotatable bonds is 6. The molecule has 7 rings (SSSR count). The minimum absolute atomic E-state index is 0.0186. The van der Waals surface area contributed by atoms with Gasteiger partial charge < -0.3 is 59.8 Å². The molecule has 0 spiro atoms. The van der Waals surface area contributed by atoms with Gasteiger partial charge in [0.15, 0.2) is 12.6 Å². The number of ether oxygens (including phenoxy) is 4. The fourth-order valence-electron chi connectivity index (χ4n) is 13.4.